The summed E-state index contributed by atoms with van der Waals surface area (Å²) in [4.78, 5) is 8.49. The lowest BCUT2D eigenvalue weighted by atomic mass is 10.1. The Balaban J connectivity index is 1.75. The van der Waals surface area contributed by atoms with Crippen LogP contribution in [0.15, 0.2) is 42.7 Å². The molecule has 0 unspecified atom stereocenters. The monoisotopic (exact) mass is 286 g/mol. The van der Waals surface area contributed by atoms with Gasteiger partial charge in [0.25, 0.3) is 0 Å². The number of rotatable bonds is 8. The molecule has 1 aromatic carbocycles. The third-order valence-corrected chi connectivity index (χ3v) is 3.09. The van der Waals surface area contributed by atoms with Crippen molar-refractivity contribution < 1.29 is 5.11 Å². The van der Waals surface area contributed by atoms with Gasteiger partial charge >= 0.3 is 0 Å². The van der Waals surface area contributed by atoms with Crippen LogP contribution in [0.1, 0.15) is 30.6 Å². The summed E-state index contributed by atoms with van der Waals surface area (Å²) in [6.07, 6.45) is 4.14. The second-order valence-electron chi connectivity index (χ2n) is 4.90. The number of hydrogen-bond acceptors (Lipinski definition) is 5. The Labute approximate surface area is 125 Å². The van der Waals surface area contributed by atoms with Gasteiger partial charge < -0.3 is 15.7 Å². The summed E-state index contributed by atoms with van der Waals surface area (Å²) in [5.74, 6) is 0.657. The Morgan fingerprint density at radius 3 is 2.52 bits per heavy atom. The van der Waals surface area contributed by atoms with Crippen molar-refractivity contribution in [3.05, 3.63) is 53.9 Å². The van der Waals surface area contributed by atoms with Crippen LogP contribution in [0.3, 0.4) is 0 Å². The molecule has 2 rings (SSSR count). The predicted molar refractivity (Wildman–Crippen MR) is 83.9 cm³/mol. The molecular weight excluding hydrogens is 264 g/mol. The molecule has 0 fully saturated rings. The minimum absolute atomic E-state index is 0.500. The van der Waals surface area contributed by atoms with Crippen LogP contribution < -0.4 is 10.6 Å². The normalized spacial score (nSPS) is 12.1. The minimum Gasteiger partial charge on any atom is -0.387 e. The molecule has 0 saturated heterocycles. The van der Waals surface area contributed by atoms with E-state index in [-0.39, 0.29) is 0 Å². The van der Waals surface area contributed by atoms with E-state index in [1.54, 1.807) is 12.4 Å². The van der Waals surface area contributed by atoms with E-state index in [0.29, 0.717) is 19.0 Å². The highest BCUT2D eigenvalue weighted by Crippen LogP contribution is 2.10. The van der Waals surface area contributed by atoms with Crippen molar-refractivity contribution in [3.63, 3.8) is 0 Å². The first-order chi connectivity index (χ1) is 10.3. The summed E-state index contributed by atoms with van der Waals surface area (Å²) in [5.41, 5.74) is 1.91. The molecule has 0 bridgehead atoms. The summed E-state index contributed by atoms with van der Waals surface area (Å²) in [5, 5.41) is 16.4. The number of aliphatic hydroxyl groups is 1. The molecule has 1 aromatic heterocycles. The summed E-state index contributed by atoms with van der Waals surface area (Å²) in [6.45, 7) is 4.11. The number of aromatic nitrogens is 2. The first-order valence-corrected chi connectivity index (χ1v) is 7.28. The van der Waals surface area contributed by atoms with Crippen LogP contribution in [-0.4, -0.2) is 28.2 Å². The lowest BCUT2D eigenvalue weighted by Gasteiger charge is -2.12. The van der Waals surface area contributed by atoms with E-state index in [0.717, 1.165) is 24.1 Å². The van der Waals surface area contributed by atoms with Gasteiger partial charge in [-0.1, -0.05) is 37.3 Å². The van der Waals surface area contributed by atoms with Gasteiger partial charge in [0.1, 0.15) is 0 Å². The van der Waals surface area contributed by atoms with Crippen LogP contribution in [0.25, 0.3) is 0 Å². The van der Waals surface area contributed by atoms with Crippen LogP contribution in [0.5, 0.6) is 0 Å². The molecule has 3 N–H and O–H groups in total. The third-order valence-electron chi connectivity index (χ3n) is 3.09. The van der Waals surface area contributed by atoms with Gasteiger partial charge in [-0.2, -0.15) is 0 Å². The molecule has 5 heteroatoms. The molecule has 0 aliphatic heterocycles. The van der Waals surface area contributed by atoms with Crippen molar-refractivity contribution in [2.75, 3.05) is 18.4 Å². The number of aliphatic hydroxyl groups excluding tert-OH is 1. The maximum Gasteiger partial charge on any atom is 0.222 e. The minimum atomic E-state index is -0.502. The van der Waals surface area contributed by atoms with E-state index < -0.39 is 6.10 Å². The molecule has 21 heavy (non-hydrogen) atoms. The Morgan fingerprint density at radius 1 is 1.14 bits per heavy atom. The summed E-state index contributed by atoms with van der Waals surface area (Å²) >= 11 is 0. The molecule has 0 aliphatic rings. The summed E-state index contributed by atoms with van der Waals surface area (Å²) in [6, 6.07) is 9.63. The molecule has 5 nitrogen and oxygen atoms in total. The fourth-order valence-electron chi connectivity index (χ4n) is 1.92. The van der Waals surface area contributed by atoms with Crippen LogP contribution in [-0.2, 0) is 6.54 Å². The highest BCUT2D eigenvalue weighted by atomic mass is 16.3. The van der Waals surface area contributed by atoms with Gasteiger partial charge in [0.2, 0.25) is 5.95 Å². The Kier molecular flexibility index (Phi) is 6.12. The molecule has 0 saturated carbocycles. The molecule has 0 amide bonds. The topological polar surface area (TPSA) is 70.1 Å². The largest absolute Gasteiger partial charge is 0.387 e. The Bertz CT molecular complexity index is 516. The maximum atomic E-state index is 10.0. The zero-order valence-electron chi connectivity index (χ0n) is 12.3. The molecule has 2 aromatic rings. The summed E-state index contributed by atoms with van der Waals surface area (Å²) in [7, 11) is 0. The van der Waals surface area contributed by atoms with Gasteiger partial charge in [-0.15, -0.1) is 0 Å². The van der Waals surface area contributed by atoms with Gasteiger partial charge in [-0.3, -0.25) is 0 Å². The zero-order chi connectivity index (χ0) is 14.9. The van der Waals surface area contributed by atoms with Gasteiger partial charge in [0, 0.05) is 37.6 Å². The van der Waals surface area contributed by atoms with Crippen molar-refractivity contribution >= 4 is 5.95 Å². The number of hydrogen-bond donors (Lipinski definition) is 3. The van der Waals surface area contributed by atoms with Gasteiger partial charge in [0.05, 0.1) is 6.10 Å². The van der Waals surface area contributed by atoms with E-state index in [4.69, 9.17) is 0 Å². The standard InChI is InChI=1S/C16H22N4O/c1-2-8-18-16-19-10-13(11-20-16)9-17-12-15(21)14-6-4-3-5-7-14/h3-7,10-11,15,17,21H,2,8-9,12H2,1H3,(H,18,19,20)/t15-/m0/s1. The first-order valence-electron chi connectivity index (χ1n) is 7.28. The predicted octanol–water partition coefficient (Wildman–Crippen LogP) is 2.12. The van der Waals surface area contributed by atoms with Crippen molar-refractivity contribution in [2.45, 2.75) is 26.0 Å². The maximum absolute atomic E-state index is 10.0. The second kappa shape index (κ2) is 8.34. The molecule has 1 atom stereocenters. The van der Waals surface area contributed by atoms with Crippen molar-refractivity contribution in [2.24, 2.45) is 0 Å². The highest BCUT2D eigenvalue weighted by molar-refractivity contribution is 5.24. The highest BCUT2D eigenvalue weighted by Gasteiger charge is 2.06. The third kappa shape index (κ3) is 5.13. The van der Waals surface area contributed by atoms with E-state index in [1.165, 1.54) is 0 Å². The Morgan fingerprint density at radius 2 is 1.86 bits per heavy atom. The zero-order valence-corrected chi connectivity index (χ0v) is 12.3. The molecule has 0 spiro atoms. The van der Waals surface area contributed by atoms with E-state index >= 15 is 0 Å². The lowest BCUT2D eigenvalue weighted by Crippen LogP contribution is -2.21. The summed E-state index contributed by atoms with van der Waals surface area (Å²) < 4.78 is 0. The van der Waals surface area contributed by atoms with Crippen LogP contribution in [0, 0.1) is 0 Å². The van der Waals surface area contributed by atoms with Gasteiger partial charge in [-0.25, -0.2) is 9.97 Å². The number of anilines is 1. The number of benzene rings is 1. The van der Waals surface area contributed by atoms with Crippen molar-refractivity contribution in [1.82, 2.24) is 15.3 Å². The quantitative estimate of drug-likeness (QED) is 0.693. The van der Waals surface area contributed by atoms with E-state index in [1.807, 2.05) is 30.3 Å². The molecule has 0 aliphatic carbocycles. The van der Waals surface area contributed by atoms with Crippen LogP contribution >= 0.6 is 0 Å². The average Bonchev–Trinajstić information content (AvgIpc) is 2.55. The number of nitrogens with one attached hydrogen (secondary N) is 2. The smallest absolute Gasteiger partial charge is 0.222 e. The SMILES string of the molecule is CCCNc1ncc(CNC[C@H](O)c2ccccc2)cn1. The fraction of sp³-hybridized carbons (Fsp3) is 0.375. The Hall–Kier alpha value is -1.98. The van der Waals surface area contributed by atoms with Crippen molar-refractivity contribution in [3.8, 4) is 0 Å². The van der Waals surface area contributed by atoms with Crippen molar-refractivity contribution in [1.29, 1.82) is 0 Å². The number of nitrogens with zero attached hydrogens (tertiary/aromatic N) is 2. The molecular formula is C16H22N4O. The average molecular weight is 286 g/mol. The van der Waals surface area contributed by atoms with Gasteiger partial charge in [0.15, 0.2) is 0 Å². The molecule has 1 heterocycles. The molecule has 0 radical (unpaired) electrons. The lowest BCUT2D eigenvalue weighted by molar-refractivity contribution is 0.174. The van der Waals surface area contributed by atoms with Crippen LogP contribution in [0.4, 0.5) is 5.95 Å². The fourth-order valence-corrected chi connectivity index (χ4v) is 1.92. The van der Waals surface area contributed by atoms with Crippen LogP contribution in [0.2, 0.25) is 0 Å². The van der Waals surface area contributed by atoms with E-state index in [9.17, 15) is 5.11 Å². The van der Waals surface area contributed by atoms with Gasteiger partial charge in [-0.05, 0) is 12.0 Å². The second-order valence-corrected chi connectivity index (χ2v) is 4.90. The molecule has 112 valence electrons. The first kappa shape index (κ1) is 15.4. The van der Waals surface area contributed by atoms with E-state index in [2.05, 4.69) is 27.5 Å².